The van der Waals surface area contributed by atoms with Gasteiger partial charge in [0.2, 0.25) is 0 Å². The van der Waals surface area contributed by atoms with E-state index in [1.807, 2.05) is 6.07 Å². The predicted molar refractivity (Wildman–Crippen MR) is 172 cm³/mol. The van der Waals surface area contributed by atoms with Gasteiger partial charge in [0.25, 0.3) is 0 Å². The summed E-state index contributed by atoms with van der Waals surface area (Å²) in [6.07, 6.45) is 4.03. The number of hydrogen-bond donors (Lipinski definition) is 0. The van der Waals surface area contributed by atoms with E-state index in [4.69, 9.17) is 14.2 Å². The van der Waals surface area contributed by atoms with E-state index in [0.717, 1.165) is 44.5 Å². The summed E-state index contributed by atoms with van der Waals surface area (Å²) in [6, 6.07) is 34.9. The third-order valence-electron chi connectivity index (χ3n) is 8.90. The molecule has 42 heavy (non-hydrogen) atoms. The molecule has 4 aromatic carbocycles. The number of anilines is 1. The minimum absolute atomic E-state index is 0.116. The number of nitrogens with zero attached hydrogens (tertiary/aromatic N) is 1. The van der Waals surface area contributed by atoms with Crippen molar-refractivity contribution < 1.29 is 14.2 Å². The fraction of sp³-hybridized carbons (Fsp3) is 0.316. The molecule has 2 aliphatic rings. The van der Waals surface area contributed by atoms with Gasteiger partial charge < -0.3 is 19.1 Å². The van der Waals surface area contributed by atoms with Crippen molar-refractivity contribution in [2.24, 2.45) is 5.92 Å². The van der Waals surface area contributed by atoms with Crippen molar-refractivity contribution in [3.63, 3.8) is 0 Å². The number of rotatable bonds is 9. The van der Waals surface area contributed by atoms with Gasteiger partial charge in [-0.25, -0.2) is 0 Å². The molecular formula is C38H41NO3. The molecule has 0 unspecified atom stereocenters. The molecule has 0 N–H and O–H groups in total. The van der Waals surface area contributed by atoms with Crippen molar-refractivity contribution in [1.29, 1.82) is 0 Å². The number of allylic oxidation sites excluding steroid dienone is 1. The van der Waals surface area contributed by atoms with Crippen LogP contribution in [0.3, 0.4) is 0 Å². The molecule has 0 radical (unpaired) electrons. The van der Waals surface area contributed by atoms with Gasteiger partial charge in [0.15, 0.2) is 6.29 Å². The molecule has 0 aromatic heterocycles. The van der Waals surface area contributed by atoms with Crippen LogP contribution in [0.15, 0.2) is 97.1 Å². The molecule has 0 spiro atoms. The van der Waals surface area contributed by atoms with E-state index in [-0.39, 0.29) is 6.29 Å². The normalized spacial score (nSPS) is 15.7. The average molecular weight is 560 g/mol. The molecule has 216 valence electrons. The van der Waals surface area contributed by atoms with Crippen molar-refractivity contribution in [3.8, 4) is 5.75 Å². The first-order chi connectivity index (χ1) is 20.6. The van der Waals surface area contributed by atoms with Crippen LogP contribution < -0.4 is 9.64 Å². The molecule has 0 bridgehead atoms. The van der Waals surface area contributed by atoms with Crippen molar-refractivity contribution in [1.82, 2.24) is 0 Å². The Kier molecular flexibility index (Phi) is 8.73. The van der Waals surface area contributed by atoms with Gasteiger partial charge in [-0.2, -0.15) is 0 Å². The van der Waals surface area contributed by atoms with E-state index >= 15 is 0 Å². The van der Waals surface area contributed by atoms with E-state index < -0.39 is 0 Å². The van der Waals surface area contributed by atoms with Gasteiger partial charge in [-0.15, -0.1) is 0 Å². The molecule has 1 saturated heterocycles. The van der Waals surface area contributed by atoms with Gasteiger partial charge in [0, 0.05) is 38.9 Å². The Labute approximate surface area is 250 Å². The quantitative estimate of drug-likeness (QED) is 0.193. The lowest BCUT2D eigenvalue weighted by Crippen LogP contribution is -2.39. The number of fused-ring (bicyclic) bond motifs is 1. The summed E-state index contributed by atoms with van der Waals surface area (Å²) < 4.78 is 17.3. The molecule has 0 saturated carbocycles. The second kappa shape index (κ2) is 13.0. The first-order valence-corrected chi connectivity index (χ1v) is 15.1. The minimum Gasteiger partial charge on any atom is -0.489 e. The molecule has 1 heterocycles. The predicted octanol–water partition coefficient (Wildman–Crippen LogP) is 8.31. The summed E-state index contributed by atoms with van der Waals surface area (Å²) >= 11 is 0. The first kappa shape index (κ1) is 28.3. The molecule has 1 aliphatic heterocycles. The van der Waals surface area contributed by atoms with E-state index in [1.165, 1.54) is 50.2 Å². The van der Waals surface area contributed by atoms with E-state index in [9.17, 15) is 0 Å². The Hall–Kier alpha value is -3.86. The SMILES string of the molecule is COC(OC)C1CCN(c2ccc(C3=C(c4ccccc4)CCc4cc(OCc5ccccc5)ccc43)c(C)c2)CC1. The third-order valence-corrected chi connectivity index (χ3v) is 8.90. The number of ether oxygens (including phenoxy) is 3. The minimum atomic E-state index is -0.116. The number of piperidine rings is 1. The maximum atomic E-state index is 6.22. The largest absolute Gasteiger partial charge is 0.489 e. The Morgan fingerprint density at radius 3 is 2.14 bits per heavy atom. The van der Waals surface area contributed by atoms with Crippen LogP contribution in [0.5, 0.6) is 5.75 Å². The Morgan fingerprint density at radius 2 is 1.45 bits per heavy atom. The molecule has 0 amide bonds. The molecule has 4 nitrogen and oxygen atoms in total. The monoisotopic (exact) mass is 559 g/mol. The van der Waals surface area contributed by atoms with Gasteiger partial charge in [0.05, 0.1) is 0 Å². The van der Waals surface area contributed by atoms with Crippen LogP contribution in [0.25, 0.3) is 11.1 Å². The summed E-state index contributed by atoms with van der Waals surface area (Å²) in [5, 5.41) is 0. The smallest absolute Gasteiger partial charge is 0.159 e. The third kappa shape index (κ3) is 6.01. The van der Waals surface area contributed by atoms with Crippen LogP contribution in [-0.2, 0) is 22.5 Å². The van der Waals surface area contributed by atoms with Crippen molar-refractivity contribution >= 4 is 16.8 Å². The topological polar surface area (TPSA) is 30.9 Å². The molecular weight excluding hydrogens is 518 g/mol. The summed E-state index contributed by atoms with van der Waals surface area (Å²) in [7, 11) is 3.48. The van der Waals surface area contributed by atoms with Crippen LogP contribution in [0.2, 0.25) is 0 Å². The van der Waals surface area contributed by atoms with Gasteiger partial charge in [-0.3, -0.25) is 0 Å². The molecule has 6 rings (SSSR count). The number of benzene rings is 4. The van der Waals surface area contributed by atoms with Crippen molar-refractivity contribution in [2.45, 2.75) is 45.5 Å². The Bertz CT molecular complexity index is 1520. The van der Waals surface area contributed by atoms with Crippen LogP contribution >= 0.6 is 0 Å². The summed E-state index contributed by atoms with van der Waals surface area (Å²) in [4.78, 5) is 2.51. The average Bonchev–Trinajstić information content (AvgIpc) is 3.05. The zero-order chi connectivity index (χ0) is 28.9. The lowest BCUT2D eigenvalue weighted by atomic mass is 9.78. The Balaban J connectivity index is 1.30. The summed E-state index contributed by atoms with van der Waals surface area (Å²) in [5.41, 5.74) is 11.8. The van der Waals surface area contributed by atoms with Gasteiger partial charge in [0.1, 0.15) is 12.4 Å². The highest BCUT2D eigenvalue weighted by atomic mass is 16.7. The maximum absolute atomic E-state index is 6.22. The van der Waals surface area contributed by atoms with Gasteiger partial charge >= 0.3 is 0 Å². The van der Waals surface area contributed by atoms with Gasteiger partial charge in [-0.1, -0.05) is 72.8 Å². The van der Waals surface area contributed by atoms with Gasteiger partial charge in [-0.05, 0) is 101 Å². The lowest BCUT2D eigenvalue weighted by molar-refractivity contribution is -0.141. The second-order valence-corrected chi connectivity index (χ2v) is 11.5. The molecule has 4 heteroatoms. The highest BCUT2D eigenvalue weighted by molar-refractivity contribution is 6.01. The molecule has 4 aromatic rings. The van der Waals surface area contributed by atoms with Crippen LogP contribution in [0.4, 0.5) is 5.69 Å². The fourth-order valence-electron chi connectivity index (χ4n) is 6.67. The van der Waals surface area contributed by atoms with E-state index in [1.54, 1.807) is 14.2 Å². The summed E-state index contributed by atoms with van der Waals surface area (Å²) in [6.45, 7) is 4.87. The number of aryl methyl sites for hydroxylation is 2. The highest BCUT2D eigenvalue weighted by Crippen LogP contribution is 2.43. The van der Waals surface area contributed by atoms with E-state index in [0.29, 0.717) is 12.5 Å². The zero-order valence-electron chi connectivity index (χ0n) is 25.0. The molecule has 1 aliphatic carbocycles. The zero-order valence-corrected chi connectivity index (χ0v) is 25.0. The number of hydrogen-bond acceptors (Lipinski definition) is 4. The summed E-state index contributed by atoms with van der Waals surface area (Å²) in [5.74, 6) is 1.37. The lowest BCUT2D eigenvalue weighted by Gasteiger charge is -2.36. The van der Waals surface area contributed by atoms with Crippen molar-refractivity contribution in [3.05, 3.63) is 130 Å². The standard InChI is InChI=1S/C38H41NO3/c1-27-24-32(39-22-20-30(21-23-39)38(40-2)41-3)15-18-34(27)37-35(29-12-8-5-9-13-29)17-14-31-25-33(16-19-36(31)37)42-26-28-10-6-4-7-11-28/h4-13,15-16,18-19,24-25,30,38H,14,17,20-23,26H2,1-3H3. The molecule has 1 fully saturated rings. The first-order valence-electron chi connectivity index (χ1n) is 15.1. The molecule has 0 atom stereocenters. The Morgan fingerprint density at radius 1 is 0.762 bits per heavy atom. The van der Waals surface area contributed by atoms with Crippen LogP contribution in [0.1, 0.15) is 52.6 Å². The number of methoxy groups -OCH3 is 2. The second-order valence-electron chi connectivity index (χ2n) is 11.5. The highest BCUT2D eigenvalue weighted by Gasteiger charge is 2.28. The van der Waals surface area contributed by atoms with Crippen LogP contribution in [-0.4, -0.2) is 33.6 Å². The fourth-order valence-corrected chi connectivity index (χ4v) is 6.67. The van der Waals surface area contributed by atoms with Crippen LogP contribution in [0, 0.1) is 12.8 Å². The van der Waals surface area contributed by atoms with Crippen molar-refractivity contribution in [2.75, 3.05) is 32.2 Å². The van der Waals surface area contributed by atoms with E-state index in [2.05, 4.69) is 103 Å². The maximum Gasteiger partial charge on any atom is 0.159 e.